The lowest BCUT2D eigenvalue weighted by molar-refractivity contribution is -0.120. The van der Waals surface area contributed by atoms with Gasteiger partial charge in [0.2, 0.25) is 0 Å². The third kappa shape index (κ3) is 1.72. The third-order valence-electron chi connectivity index (χ3n) is 3.01. The van der Waals surface area contributed by atoms with Crippen LogP contribution in [0.4, 0.5) is 0 Å². The van der Waals surface area contributed by atoms with Gasteiger partial charge in [0.1, 0.15) is 5.78 Å². The Morgan fingerprint density at radius 2 is 2.21 bits per heavy atom. The number of aryl methyl sites for hydroxylation is 1. The third-order valence-corrected chi connectivity index (χ3v) is 3.01. The molecule has 0 bridgehead atoms. The van der Waals surface area contributed by atoms with Gasteiger partial charge in [0, 0.05) is 37.2 Å². The minimum Gasteiger partial charge on any atom is -0.300 e. The zero-order valence-corrected chi connectivity index (χ0v) is 8.57. The molecule has 3 heteroatoms. The van der Waals surface area contributed by atoms with Crippen LogP contribution in [0, 0.1) is 0 Å². The minimum absolute atomic E-state index is 0.420. The van der Waals surface area contributed by atoms with Gasteiger partial charge in [-0.15, -0.1) is 0 Å². The van der Waals surface area contributed by atoms with Crippen molar-refractivity contribution in [3.8, 4) is 0 Å². The van der Waals surface area contributed by atoms with Crippen molar-refractivity contribution in [1.29, 1.82) is 0 Å². The second-order valence-corrected chi connectivity index (χ2v) is 3.88. The van der Waals surface area contributed by atoms with Crippen LogP contribution in [0.3, 0.4) is 0 Å². The molecule has 0 radical (unpaired) electrons. The maximum Gasteiger partial charge on any atom is 0.132 e. The number of hydrogen-bond donors (Lipinski definition) is 0. The Hall–Kier alpha value is -1.12. The average Bonchev–Trinajstić information content (AvgIpc) is 2.67. The van der Waals surface area contributed by atoms with Crippen molar-refractivity contribution in [3.63, 3.8) is 0 Å². The molecule has 1 fully saturated rings. The fraction of sp³-hybridized carbons (Fsp3) is 0.636. The van der Waals surface area contributed by atoms with Crippen LogP contribution in [0.2, 0.25) is 0 Å². The van der Waals surface area contributed by atoms with Gasteiger partial charge in [0.15, 0.2) is 0 Å². The Morgan fingerprint density at radius 3 is 2.86 bits per heavy atom. The number of carbonyl (C=O) groups is 1. The van der Waals surface area contributed by atoms with Crippen LogP contribution in [0.15, 0.2) is 12.3 Å². The molecule has 0 atom stereocenters. The highest BCUT2D eigenvalue weighted by Gasteiger charge is 2.22. The molecular weight excluding hydrogens is 176 g/mol. The van der Waals surface area contributed by atoms with Crippen molar-refractivity contribution >= 4 is 5.78 Å². The van der Waals surface area contributed by atoms with Crippen molar-refractivity contribution in [2.75, 3.05) is 0 Å². The monoisotopic (exact) mass is 192 g/mol. The Balaban J connectivity index is 2.11. The molecule has 0 N–H and O–H groups in total. The molecule has 0 aromatic carbocycles. The minimum atomic E-state index is 0.420. The number of aromatic nitrogens is 2. The van der Waals surface area contributed by atoms with E-state index in [2.05, 4.69) is 18.1 Å². The predicted octanol–water partition coefficient (Wildman–Crippen LogP) is 2.13. The molecule has 0 unspecified atom stereocenters. The number of nitrogens with zero attached hydrogens (tertiary/aromatic N) is 2. The maximum absolute atomic E-state index is 11.1. The van der Waals surface area contributed by atoms with Gasteiger partial charge in [-0.1, -0.05) is 0 Å². The molecule has 1 aromatic rings. The SMILES string of the molecule is CCn1nccc1C1CCC(=O)CC1. The molecule has 1 aliphatic rings. The summed E-state index contributed by atoms with van der Waals surface area (Å²) in [5.41, 5.74) is 1.31. The summed E-state index contributed by atoms with van der Waals surface area (Å²) in [5, 5.41) is 4.26. The van der Waals surface area contributed by atoms with E-state index in [0.717, 1.165) is 32.2 Å². The van der Waals surface area contributed by atoms with Crippen molar-refractivity contribution in [1.82, 2.24) is 9.78 Å². The Morgan fingerprint density at radius 1 is 1.50 bits per heavy atom. The topological polar surface area (TPSA) is 34.9 Å². The quantitative estimate of drug-likeness (QED) is 0.719. The van der Waals surface area contributed by atoms with Gasteiger partial charge in [-0.3, -0.25) is 9.48 Å². The molecule has 2 rings (SSSR count). The van der Waals surface area contributed by atoms with Crippen LogP contribution in [-0.4, -0.2) is 15.6 Å². The highest BCUT2D eigenvalue weighted by molar-refractivity contribution is 5.79. The Kier molecular flexibility index (Phi) is 2.66. The van der Waals surface area contributed by atoms with Crippen LogP contribution >= 0.6 is 0 Å². The van der Waals surface area contributed by atoms with Gasteiger partial charge in [-0.2, -0.15) is 5.10 Å². The van der Waals surface area contributed by atoms with Gasteiger partial charge in [0.05, 0.1) is 0 Å². The molecule has 14 heavy (non-hydrogen) atoms. The normalized spacial score (nSPS) is 18.8. The first-order chi connectivity index (χ1) is 6.81. The Labute approximate surface area is 84.1 Å². The molecule has 3 nitrogen and oxygen atoms in total. The summed E-state index contributed by atoms with van der Waals surface area (Å²) >= 11 is 0. The zero-order valence-electron chi connectivity index (χ0n) is 8.57. The van der Waals surface area contributed by atoms with Crippen LogP contribution in [0.1, 0.15) is 44.2 Å². The molecule has 1 aliphatic carbocycles. The molecule has 1 saturated carbocycles. The lowest BCUT2D eigenvalue weighted by atomic mass is 9.86. The van der Waals surface area contributed by atoms with E-state index >= 15 is 0 Å². The van der Waals surface area contributed by atoms with Gasteiger partial charge < -0.3 is 0 Å². The second-order valence-electron chi connectivity index (χ2n) is 3.88. The van der Waals surface area contributed by atoms with Gasteiger partial charge >= 0.3 is 0 Å². The van der Waals surface area contributed by atoms with E-state index in [1.165, 1.54) is 5.69 Å². The largest absolute Gasteiger partial charge is 0.300 e. The zero-order chi connectivity index (χ0) is 9.97. The summed E-state index contributed by atoms with van der Waals surface area (Å²) in [6, 6.07) is 2.09. The molecule has 76 valence electrons. The Bertz CT molecular complexity index is 320. The van der Waals surface area contributed by atoms with E-state index in [9.17, 15) is 4.79 Å². The standard InChI is InChI=1S/C11H16N2O/c1-2-13-11(7-8-12-13)9-3-5-10(14)6-4-9/h7-9H,2-6H2,1H3. The van der Waals surface area contributed by atoms with E-state index in [-0.39, 0.29) is 0 Å². The van der Waals surface area contributed by atoms with E-state index in [4.69, 9.17) is 0 Å². The molecular formula is C11H16N2O. The van der Waals surface area contributed by atoms with Crippen LogP contribution in [0.5, 0.6) is 0 Å². The molecule has 0 aliphatic heterocycles. The van der Waals surface area contributed by atoms with Crippen molar-refractivity contribution in [2.45, 2.75) is 45.1 Å². The van der Waals surface area contributed by atoms with Crippen molar-refractivity contribution < 1.29 is 4.79 Å². The number of Topliss-reactive ketones (excluding diaryl/α,β-unsaturated/α-hetero) is 1. The molecule has 1 heterocycles. The fourth-order valence-electron chi connectivity index (χ4n) is 2.19. The summed E-state index contributed by atoms with van der Waals surface area (Å²) in [6.07, 6.45) is 5.36. The first kappa shape index (κ1) is 9.44. The van der Waals surface area contributed by atoms with Crippen molar-refractivity contribution in [3.05, 3.63) is 18.0 Å². The smallest absolute Gasteiger partial charge is 0.132 e. The van der Waals surface area contributed by atoms with Gasteiger partial charge in [-0.25, -0.2) is 0 Å². The van der Waals surface area contributed by atoms with Crippen LogP contribution in [0.25, 0.3) is 0 Å². The van der Waals surface area contributed by atoms with E-state index in [1.807, 2.05) is 10.9 Å². The predicted molar refractivity (Wildman–Crippen MR) is 54.1 cm³/mol. The number of rotatable bonds is 2. The summed E-state index contributed by atoms with van der Waals surface area (Å²) in [5.74, 6) is 0.971. The van der Waals surface area contributed by atoms with Crippen LogP contribution in [-0.2, 0) is 11.3 Å². The number of ketones is 1. The fourth-order valence-corrected chi connectivity index (χ4v) is 2.19. The number of hydrogen-bond acceptors (Lipinski definition) is 2. The van der Waals surface area contributed by atoms with E-state index < -0.39 is 0 Å². The lowest BCUT2D eigenvalue weighted by Gasteiger charge is -2.21. The average molecular weight is 192 g/mol. The van der Waals surface area contributed by atoms with Crippen molar-refractivity contribution in [2.24, 2.45) is 0 Å². The first-order valence-corrected chi connectivity index (χ1v) is 5.34. The van der Waals surface area contributed by atoms with E-state index in [0.29, 0.717) is 11.7 Å². The van der Waals surface area contributed by atoms with Gasteiger partial charge in [0.25, 0.3) is 0 Å². The highest BCUT2D eigenvalue weighted by Crippen LogP contribution is 2.30. The summed E-state index contributed by atoms with van der Waals surface area (Å²) in [7, 11) is 0. The molecule has 0 spiro atoms. The number of carbonyl (C=O) groups excluding carboxylic acids is 1. The lowest BCUT2D eigenvalue weighted by Crippen LogP contribution is -2.15. The van der Waals surface area contributed by atoms with Gasteiger partial charge in [-0.05, 0) is 25.8 Å². The first-order valence-electron chi connectivity index (χ1n) is 5.34. The van der Waals surface area contributed by atoms with E-state index in [1.54, 1.807) is 0 Å². The second kappa shape index (κ2) is 3.95. The highest BCUT2D eigenvalue weighted by atomic mass is 16.1. The molecule has 0 saturated heterocycles. The summed E-state index contributed by atoms with van der Waals surface area (Å²) < 4.78 is 2.04. The summed E-state index contributed by atoms with van der Waals surface area (Å²) in [6.45, 7) is 3.03. The van der Waals surface area contributed by atoms with Crippen LogP contribution < -0.4 is 0 Å². The molecule has 0 amide bonds. The summed E-state index contributed by atoms with van der Waals surface area (Å²) in [4.78, 5) is 11.1. The maximum atomic E-state index is 11.1. The molecule has 1 aromatic heterocycles.